The van der Waals surface area contributed by atoms with Crippen molar-refractivity contribution in [3.63, 3.8) is 0 Å². The van der Waals surface area contributed by atoms with Crippen LogP contribution in [-0.2, 0) is 19.4 Å². The van der Waals surface area contributed by atoms with E-state index in [-0.39, 0.29) is 5.91 Å². The van der Waals surface area contributed by atoms with Crippen LogP contribution in [0.15, 0.2) is 29.6 Å². The van der Waals surface area contributed by atoms with Gasteiger partial charge in [-0.25, -0.2) is 4.98 Å². The van der Waals surface area contributed by atoms with Gasteiger partial charge in [0.25, 0.3) is 5.91 Å². The number of amides is 1. The van der Waals surface area contributed by atoms with E-state index in [4.69, 9.17) is 5.73 Å². The fourth-order valence-electron chi connectivity index (χ4n) is 2.68. The number of carbonyl (C=O) groups is 1. The third-order valence-corrected chi connectivity index (χ3v) is 4.68. The molecule has 110 valence electrons. The molecule has 0 fully saturated rings. The summed E-state index contributed by atoms with van der Waals surface area (Å²) in [6.07, 6.45) is 2.78. The van der Waals surface area contributed by atoms with Crippen LogP contribution in [0.4, 0.5) is 0 Å². The Morgan fingerprint density at radius 3 is 2.95 bits per heavy atom. The van der Waals surface area contributed by atoms with Crippen molar-refractivity contribution in [2.75, 3.05) is 13.1 Å². The minimum atomic E-state index is 0.0335. The molecule has 1 aliphatic rings. The highest BCUT2D eigenvalue weighted by molar-refractivity contribution is 7.09. The highest BCUT2D eigenvalue weighted by atomic mass is 32.1. The van der Waals surface area contributed by atoms with Crippen LogP contribution < -0.4 is 5.73 Å². The van der Waals surface area contributed by atoms with E-state index in [1.807, 2.05) is 16.3 Å². The Bertz CT molecular complexity index is 638. The first-order chi connectivity index (χ1) is 10.3. The normalized spacial score (nSPS) is 14.6. The Hall–Kier alpha value is -1.72. The SMILES string of the molecule is NCCc1nc(C(=O)N2CCCc3ccccc3C2)cs1. The Balaban J connectivity index is 1.78. The van der Waals surface area contributed by atoms with Gasteiger partial charge in [0.1, 0.15) is 5.69 Å². The van der Waals surface area contributed by atoms with Crippen molar-refractivity contribution in [2.24, 2.45) is 5.73 Å². The van der Waals surface area contributed by atoms with Gasteiger partial charge in [-0.2, -0.15) is 0 Å². The maximum Gasteiger partial charge on any atom is 0.273 e. The minimum absolute atomic E-state index is 0.0335. The van der Waals surface area contributed by atoms with Crippen LogP contribution in [-0.4, -0.2) is 28.9 Å². The summed E-state index contributed by atoms with van der Waals surface area (Å²) in [5.41, 5.74) is 8.70. The molecule has 0 saturated carbocycles. The molecule has 1 aromatic heterocycles. The summed E-state index contributed by atoms with van der Waals surface area (Å²) in [5, 5.41) is 2.79. The number of rotatable bonds is 3. The van der Waals surface area contributed by atoms with Crippen LogP contribution in [0.1, 0.15) is 33.0 Å². The second-order valence-electron chi connectivity index (χ2n) is 5.26. The fourth-order valence-corrected chi connectivity index (χ4v) is 3.47. The number of nitrogens with two attached hydrogens (primary N) is 1. The number of carbonyl (C=O) groups excluding carboxylic acids is 1. The zero-order valence-corrected chi connectivity index (χ0v) is 12.7. The monoisotopic (exact) mass is 301 g/mol. The quantitative estimate of drug-likeness (QED) is 0.946. The van der Waals surface area contributed by atoms with Crippen molar-refractivity contribution >= 4 is 17.2 Å². The topological polar surface area (TPSA) is 59.2 Å². The molecule has 2 aromatic rings. The number of hydrogen-bond acceptors (Lipinski definition) is 4. The third-order valence-electron chi connectivity index (χ3n) is 3.77. The van der Waals surface area contributed by atoms with Gasteiger partial charge < -0.3 is 10.6 Å². The highest BCUT2D eigenvalue weighted by Gasteiger charge is 2.21. The van der Waals surface area contributed by atoms with Gasteiger partial charge >= 0.3 is 0 Å². The van der Waals surface area contributed by atoms with E-state index in [1.54, 1.807) is 0 Å². The number of thiazole rings is 1. The van der Waals surface area contributed by atoms with Crippen molar-refractivity contribution < 1.29 is 4.79 Å². The van der Waals surface area contributed by atoms with Crippen LogP contribution in [0, 0.1) is 0 Å². The second kappa shape index (κ2) is 6.37. The lowest BCUT2D eigenvalue weighted by molar-refractivity contribution is 0.0740. The molecule has 0 atom stereocenters. The van der Waals surface area contributed by atoms with Crippen molar-refractivity contribution in [1.29, 1.82) is 0 Å². The Labute approximate surface area is 128 Å². The predicted molar refractivity (Wildman–Crippen MR) is 84.4 cm³/mol. The summed E-state index contributed by atoms with van der Waals surface area (Å²) >= 11 is 1.52. The molecule has 0 aliphatic carbocycles. The molecule has 3 rings (SSSR count). The van der Waals surface area contributed by atoms with Gasteiger partial charge in [0.2, 0.25) is 0 Å². The van der Waals surface area contributed by atoms with Crippen LogP contribution in [0.25, 0.3) is 0 Å². The summed E-state index contributed by atoms with van der Waals surface area (Å²) in [5.74, 6) is 0.0335. The van der Waals surface area contributed by atoms with Crippen molar-refractivity contribution in [2.45, 2.75) is 25.8 Å². The molecule has 0 bridgehead atoms. The van der Waals surface area contributed by atoms with E-state index in [2.05, 4.69) is 23.2 Å². The molecule has 21 heavy (non-hydrogen) atoms. The van der Waals surface area contributed by atoms with Crippen molar-refractivity contribution in [1.82, 2.24) is 9.88 Å². The zero-order chi connectivity index (χ0) is 14.7. The van der Waals surface area contributed by atoms with Crippen LogP contribution in [0.3, 0.4) is 0 Å². The summed E-state index contributed by atoms with van der Waals surface area (Å²) in [6.45, 7) is 2.04. The van der Waals surface area contributed by atoms with Crippen LogP contribution in [0.2, 0.25) is 0 Å². The lowest BCUT2D eigenvalue weighted by Crippen LogP contribution is -2.31. The summed E-state index contributed by atoms with van der Waals surface area (Å²) < 4.78 is 0. The number of benzene rings is 1. The Kier molecular flexibility index (Phi) is 4.31. The van der Waals surface area contributed by atoms with Gasteiger partial charge in [0, 0.05) is 24.9 Å². The third kappa shape index (κ3) is 3.14. The number of nitrogens with zero attached hydrogens (tertiary/aromatic N) is 2. The molecule has 5 heteroatoms. The van der Waals surface area contributed by atoms with Crippen LogP contribution >= 0.6 is 11.3 Å². The molecule has 1 aromatic carbocycles. The summed E-state index contributed by atoms with van der Waals surface area (Å²) in [7, 11) is 0. The first-order valence-corrected chi connectivity index (χ1v) is 8.16. The Morgan fingerprint density at radius 2 is 2.14 bits per heavy atom. The van der Waals surface area contributed by atoms with Gasteiger partial charge in [-0.1, -0.05) is 24.3 Å². The molecule has 4 nitrogen and oxygen atoms in total. The van der Waals surface area contributed by atoms with Gasteiger partial charge in [-0.3, -0.25) is 4.79 Å². The molecular weight excluding hydrogens is 282 g/mol. The fraction of sp³-hybridized carbons (Fsp3) is 0.375. The highest BCUT2D eigenvalue weighted by Crippen LogP contribution is 2.20. The van der Waals surface area contributed by atoms with Gasteiger partial charge in [-0.15, -0.1) is 11.3 Å². The molecular formula is C16H19N3OS. The molecule has 0 unspecified atom stereocenters. The number of hydrogen-bond donors (Lipinski definition) is 1. The lowest BCUT2D eigenvalue weighted by atomic mass is 10.0. The number of aromatic nitrogens is 1. The molecule has 0 saturated heterocycles. The van der Waals surface area contributed by atoms with Gasteiger partial charge in [0.05, 0.1) is 5.01 Å². The molecule has 1 aliphatic heterocycles. The van der Waals surface area contributed by atoms with Crippen LogP contribution in [0.5, 0.6) is 0 Å². The predicted octanol–water partition coefficient (Wildman–Crippen LogP) is 2.23. The molecule has 2 N–H and O–H groups in total. The van der Waals surface area contributed by atoms with E-state index >= 15 is 0 Å². The van der Waals surface area contributed by atoms with Gasteiger partial charge in [-0.05, 0) is 30.5 Å². The Morgan fingerprint density at radius 1 is 1.33 bits per heavy atom. The van der Waals surface area contributed by atoms with E-state index in [9.17, 15) is 4.79 Å². The zero-order valence-electron chi connectivity index (χ0n) is 11.9. The first kappa shape index (κ1) is 14.2. The maximum atomic E-state index is 12.6. The first-order valence-electron chi connectivity index (χ1n) is 7.28. The average molecular weight is 301 g/mol. The molecule has 2 heterocycles. The minimum Gasteiger partial charge on any atom is -0.333 e. The smallest absolute Gasteiger partial charge is 0.273 e. The van der Waals surface area contributed by atoms with E-state index in [0.717, 1.165) is 30.8 Å². The van der Waals surface area contributed by atoms with Gasteiger partial charge in [0.15, 0.2) is 0 Å². The maximum absolute atomic E-state index is 12.6. The van der Waals surface area contributed by atoms with E-state index < -0.39 is 0 Å². The standard InChI is InChI=1S/C16H19N3OS/c17-8-7-15-18-14(11-21-15)16(20)19-9-3-6-12-4-1-2-5-13(12)10-19/h1-2,4-5,11H,3,6-10,17H2. The van der Waals surface area contributed by atoms with Crippen molar-refractivity contribution in [3.8, 4) is 0 Å². The largest absolute Gasteiger partial charge is 0.333 e. The number of aryl methyl sites for hydroxylation is 1. The second-order valence-corrected chi connectivity index (χ2v) is 6.21. The van der Waals surface area contributed by atoms with Crippen molar-refractivity contribution in [3.05, 3.63) is 51.5 Å². The number of fused-ring (bicyclic) bond motifs is 1. The van der Waals surface area contributed by atoms with E-state index in [0.29, 0.717) is 18.8 Å². The molecule has 0 radical (unpaired) electrons. The average Bonchev–Trinajstić information content (AvgIpc) is 2.85. The molecule has 1 amide bonds. The summed E-state index contributed by atoms with van der Waals surface area (Å²) in [6, 6.07) is 8.37. The molecule has 0 spiro atoms. The summed E-state index contributed by atoms with van der Waals surface area (Å²) in [4.78, 5) is 18.9. The lowest BCUT2D eigenvalue weighted by Gasteiger charge is -2.19. The van der Waals surface area contributed by atoms with E-state index in [1.165, 1.54) is 22.5 Å².